The number of hydrogen-bond acceptors (Lipinski definition) is 2. The molecule has 1 unspecified atom stereocenters. The molecule has 0 saturated heterocycles. The van der Waals surface area contributed by atoms with Crippen molar-refractivity contribution in [3.63, 3.8) is 0 Å². The first-order valence-electron chi connectivity index (χ1n) is 8.53. The standard InChI is InChI=1S/C17H33NO/c1-3-18-13-17(14-19-2,16-11-7-8-12-16)15-9-5-4-6-10-15/h15-16,18H,3-14H2,1-2H3. The first-order chi connectivity index (χ1) is 9.33. The van der Waals surface area contributed by atoms with Crippen LogP contribution in [-0.2, 0) is 4.74 Å². The molecule has 2 aliphatic carbocycles. The monoisotopic (exact) mass is 267 g/mol. The minimum Gasteiger partial charge on any atom is -0.384 e. The molecular formula is C17H33NO. The normalized spacial score (nSPS) is 25.6. The van der Waals surface area contributed by atoms with Gasteiger partial charge in [-0.05, 0) is 44.1 Å². The molecule has 19 heavy (non-hydrogen) atoms. The van der Waals surface area contributed by atoms with Crippen molar-refractivity contribution in [3.05, 3.63) is 0 Å². The van der Waals surface area contributed by atoms with E-state index in [1.165, 1.54) is 64.3 Å². The smallest absolute Gasteiger partial charge is 0.0536 e. The number of ether oxygens (including phenoxy) is 1. The molecule has 0 aliphatic heterocycles. The molecule has 2 nitrogen and oxygen atoms in total. The van der Waals surface area contributed by atoms with Crippen LogP contribution in [0.4, 0.5) is 0 Å². The van der Waals surface area contributed by atoms with E-state index in [-0.39, 0.29) is 0 Å². The third kappa shape index (κ3) is 3.52. The van der Waals surface area contributed by atoms with Gasteiger partial charge in [-0.2, -0.15) is 0 Å². The summed E-state index contributed by atoms with van der Waals surface area (Å²) in [6.45, 7) is 5.46. The van der Waals surface area contributed by atoms with E-state index in [9.17, 15) is 0 Å². The second kappa shape index (κ2) is 7.64. The second-order valence-electron chi connectivity index (χ2n) is 6.76. The van der Waals surface area contributed by atoms with E-state index in [2.05, 4.69) is 12.2 Å². The minimum absolute atomic E-state index is 0.418. The Labute approximate surface area is 119 Å². The SMILES string of the molecule is CCNCC(COC)(C1CCCCC1)C1CCCC1. The summed E-state index contributed by atoms with van der Waals surface area (Å²) in [4.78, 5) is 0. The molecule has 0 spiro atoms. The highest BCUT2D eigenvalue weighted by Gasteiger charge is 2.45. The van der Waals surface area contributed by atoms with Gasteiger partial charge in [0.25, 0.3) is 0 Å². The first-order valence-corrected chi connectivity index (χ1v) is 8.53. The lowest BCUT2D eigenvalue weighted by atomic mass is 9.61. The molecule has 1 N–H and O–H groups in total. The van der Waals surface area contributed by atoms with Gasteiger partial charge in [0.2, 0.25) is 0 Å². The molecule has 2 fully saturated rings. The van der Waals surface area contributed by atoms with Crippen LogP contribution in [0.15, 0.2) is 0 Å². The van der Waals surface area contributed by atoms with E-state index in [1.807, 2.05) is 7.11 Å². The third-order valence-electron chi connectivity index (χ3n) is 5.70. The lowest BCUT2D eigenvalue weighted by Gasteiger charge is -2.47. The molecule has 0 amide bonds. The van der Waals surface area contributed by atoms with Crippen LogP contribution in [0, 0.1) is 17.3 Å². The quantitative estimate of drug-likeness (QED) is 0.753. The number of hydrogen-bond donors (Lipinski definition) is 1. The van der Waals surface area contributed by atoms with Gasteiger partial charge in [-0.3, -0.25) is 0 Å². The van der Waals surface area contributed by atoms with E-state index < -0.39 is 0 Å². The van der Waals surface area contributed by atoms with Crippen molar-refractivity contribution in [1.82, 2.24) is 5.32 Å². The van der Waals surface area contributed by atoms with Crippen LogP contribution in [0.2, 0.25) is 0 Å². The zero-order valence-electron chi connectivity index (χ0n) is 13.0. The van der Waals surface area contributed by atoms with Crippen molar-refractivity contribution >= 4 is 0 Å². The highest BCUT2D eigenvalue weighted by atomic mass is 16.5. The zero-order chi connectivity index (χ0) is 13.6. The summed E-state index contributed by atoms with van der Waals surface area (Å²) in [5, 5.41) is 3.67. The summed E-state index contributed by atoms with van der Waals surface area (Å²) in [5.74, 6) is 1.79. The van der Waals surface area contributed by atoms with E-state index >= 15 is 0 Å². The zero-order valence-corrected chi connectivity index (χ0v) is 13.0. The van der Waals surface area contributed by atoms with Gasteiger partial charge in [-0.25, -0.2) is 0 Å². The predicted octanol–water partition coefficient (Wildman–Crippen LogP) is 4.00. The Morgan fingerprint density at radius 2 is 1.47 bits per heavy atom. The van der Waals surface area contributed by atoms with Crippen molar-refractivity contribution in [2.75, 3.05) is 26.8 Å². The van der Waals surface area contributed by atoms with E-state index in [0.717, 1.165) is 25.0 Å². The maximum absolute atomic E-state index is 5.73. The average Bonchev–Trinajstić information content (AvgIpc) is 2.99. The van der Waals surface area contributed by atoms with Crippen LogP contribution < -0.4 is 5.32 Å². The van der Waals surface area contributed by atoms with Gasteiger partial charge in [0.05, 0.1) is 6.61 Å². The van der Waals surface area contributed by atoms with Crippen LogP contribution in [0.5, 0.6) is 0 Å². The number of nitrogens with one attached hydrogen (secondary N) is 1. The topological polar surface area (TPSA) is 21.3 Å². The molecule has 0 radical (unpaired) electrons. The van der Waals surface area contributed by atoms with E-state index in [1.54, 1.807) is 0 Å². The maximum Gasteiger partial charge on any atom is 0.0536 e. The average molecular weight is 267 g/mol. The third-order valence-corrected chi connectivity index (χ3v) is 5.70. The summed E-state index contributed by atoms with van der Waals surface area (Å²) in [6, 6.07) is 0. The molecule has 0 bridgehead atoms. The fourth-order valence-corrected chi connectivity index (χ4v) is 4.71. The van der Waals surface area contributed by atoms with E-state index in [0.29, 0.717) is 5.41 Å². The van der Waals surface area contributed by atoms with Crippen molar-refractivity contribution in [3.8, 4) is 0 Å². The van der Waals surface area contributed by atoms with Crippen LogP contribution in [0.1, 0.15) is 64.7 Å². The highest BCUT2D eigenvalue weighted by molar-refractivity contribution is 4.96. The van der Waals surface area contributed by atoms with Crippen molar-refractivity contribution in [2.45, 2.75) is 64.7 Å². The fraction of sp³-hybridized carbons (Fsp3) is 1.00. The molecule has 112 valence electrons. The van der Waals surface area contributed by atoms with Crippen LogP contribution in [-0.4, -0.2) is 26.8 Å². The van der Waals surface area contributed by atoms with Crippen LogP contribution >= 0.6 is 0 Å². The molecule has 2 saturated carbocycles. The Morgan fingerprint density at radius 1 is 0.947 bits per heavy atom. The molecular weight excluding hydrogens is 234 g/mol. The molecule has 0 aromatic carbocycles. The Bertz CT molecular complexity index is 244. The molecule has 0 aromatic rings. The van der Waals surface area contributed by atoms with Crippen molar-refractivity contribution < 1.29 is 4.74 Å². The predicted molar refractivity (Wildman–Crippen MR) is 81.4 cm³/mol. The van der Waals surface area contributed by atoms with Gasteiger partial charge >= 0.3 is 0 Å². The Hall–Kier alpha value is -0.0800. The fourth-order valence-electron chi connectivity index (χ4n) is 4.71. The highest BCUT2D eigenvalue weighted by Crippen LogP contribution is 2.49. The summed E-state index contributed by atoms with van der Waals surface area (Å²) in [7, 11) is 1.90. The van der Waals surface area contributed by atoms with Gasteiger partial charge in [0, 0.05) is 19.1 Å². The van der Waals surface area contributed by atoms with Gasteiger partial charge < -0.3 is 10.1 Å². The van der Waals surface area contributed by atoms with Crippen LogP contribution in [0.25, 0.3) is 0 Å². The Balaban J connectivity index is 2.15. The molecule has 1 atom stereocenters. The largest absolute Gasteiger partial charge is 0.384 e. The number of methoxy groups -OCH3 is 1. The summed E-state index contributed by atoms with van der Waals surface area (Å²) in [5.41, 5.74) is 0.418. The molecule has 0 aromatic heterocycles. The first kappa shape index (κ1) is 15.3. The molecule has 2 heteroatoms. The lowest BCUT2D eigenvalue weighted by Crippen LogP contribution is -2.49. The molecule has 2 aliphatic rings. The molecule has 0 heterocycles. The van der Waals surface area contributed by atoms with Crippen LogP contribution in [0.3, 0.4) is 0 Å². The van der Waals surface area contributed by atoms with Gasteiger partial charge in [0.15, 0.2) is 0 Å². The van der Waals surface area contributed by atoms with E-state index in [4.69, 9.17) is 4.74 Å². The summed E-state index contributed by atoms with van der Waals surface area (Å²) < 4.78 is 5.73. The van der Waals surface area contributed by atoms with Gasteiger partial charge in [-0.1, -0.05) is 39.0 Å². The lowest BCUT2D eigenvalue weighted by molar-refractivity contribution is -0.0289. The Kier molecular flexibility index (Phi) is 6.15. The summed E-state index contributed by atoms with van der Waals surface area (Å²) in [6.07, 6.45) is 13.0. The van der Waals surface area contributed by atoms with Gasteiger partial charge in [0.1, 0.15) is 0 Å². The second-order valence-corrected chi connectivity index (χ2v) is 6.76. The molecule has 2 rings (SSSR count). The number of rotatable bonds is 7. The minimum atomic E-state index is 0.418. The Morgan fingerprint density at radius 3 is 1.95 bits per heavy atom. The maximum atomic E-state index is 5.73. The summed E-state index contributed by atoms with van der Waals surface area (Å²) >= 11 is 0. The van der Waals surface area contributed by atoms with Crippen molar-refractivity contribution in [1.29, 1.82) is 0 Å². The van der Waals surface area contributed by atoms with Crippen molar-refractivity contribution in [2.24, 2.45) is 17.3 Å². The van der Waals surface area contributed by atoms with Gasteiger partial charge in [-0.15, -0.1) is 0 Å².